The van der Waals surface area contributed by atoms with Crippen molar-refractivity contribution in [3.8, 4) is 5.75 Å². The van der Waals surface area contributed by atoms with Gasteiger partial charge in [0.1, 0.15) is 18.0 Å². The first kappa shape index (κ1) is 16.0. The molecular weight excluding hydrogens is 325 g/mol. The summed E-state index contributed by atoms with van der Waals surface area (Å²) in [7, 11) is -4.16. The lowest BCUT2D eigenvalue weighted by Crippen LogP contribution is -2.30. The normalized spacial score (nSPS) is 23.3. The van der Waals surface area contributed by atoms with E-state index in [9.17, 15) is 22.7 Å². The molecule has 0 saturated carbocycles. The van der Waals surface area contributed by atoms with Gasteiger partial charge in [-0.25, -0.2) is 13.4 Å². The highest BCUT2D eigenvalue weighted by Gasteiger charge is 2.37. The summed E-state index contributed by atoms with van der Waals surface area (Å²) in [6.45, 7) is 1.31. The quantitative estimate of drug-likeness (QED) is 0.728. The molecule has 3 rings (SSSR count). The van der Waals surface area contributed by atoms with Crippen molar-refractivity contribution in [1.29, 1.82) is 0 Å². The topological polar surface area (TPSA) is 98.7 Å². The summed E-state index contributed by atoms with van der Waals surface area (Å²) in [6.07, 6.45) is 2.25. The smallest absolute Gasteiger partial charge is 0.326 e. The van der Waals surface area contributed by atoms with Gasteiger partial charge in [0.2, 0.25) is 0 Å². The lowest BCUT2D eigenvalue weighted by molar-refractivity contribution is -0.117. The number of halogens is 1. The van der Waals surface area contributed by atoms with Crippen molar-refractivity contribution in [3.05, 3.63) is 23.5 Å². The fraction of sp³-hybridized carbons (Fsp3) is 0.500. The van der Waals surface area contributed by atoms with E-state index >= 15 is 0 Å². The SMILES string of the molecule is O=C1CN(c2c(O)ccc(CCC3CCNC3)c2F)S(=O)(=O)N1. The molecule has 23 heavy (non-hydrogen) atoms. The zero-order valence-electron chi connectivity index (χ0n) is 12.4. The van der Waals surface area contributed by atoms with E-state index in [1.807, 2.05) is 0 Å². The fourth-order valence-electron chi connectivity index (χ4n) is 2.99. The Hall–Kier alpha value is -1.87. The van der Waals surface area contributed by atoms with Crippen molar-refractivity contribution in [2.24, 2.45) is 5.92 Å². The van der Waals surface area contributed by atoms with E-state index in [2.05, 4.69) is 5.32 Å². The van der Waals surface area contributed by atoms with E-state index in [0.717, 1.165) is 25.9 Å². The number of benzene rings is 1. The van der Waals surface area contributed by atoms with Crippen LogP contribution in [-0.4, -0.2) is 39.1 Å². The maximum absolute atomic E-state index is 14.7. The molecule has 2 fully saturated rings. The second-order valence-corrected chi connectivity index (χ2v) is 7.44. The van der Waals surface area contributed by atoms with Crippen LogP contribution in [0.4, 0.5) is 10.1 Å². The van der Waals surface area contributed by atoms with E-state index in [-0.39, 0.29) is 0 Å². The largest absolute Gasteiger partial charge is 0.506 e. The van der Waals surface area contributed by atoms with Crippen LogP contribution in [0.5, 0.6) is 5.75 Å². The van der Waals surface area contributed by atoms with E-state index < -0.39 is 39.9 Å². The average molecular weight is 343 g/mol. The molecule has 126 valence electrons. The first-order valence-corrected chi connectivity index (χ1v) is 8.87. The summed E-state index contributed by atoms with van der Waals surface area (Å²) in [5.74, 6) is -1.60. The summed E-state index contributed by atoms with van der Waals surface area (Å²) in [5, 5.41) is 13.1. The van der Waals surface area contributed by atoms with Gasteiger partial charge in [-0.05, 0) is 49.9 Å². The highest BCUT2D eigenvalue weighted by molar-refractivity contribution is 7.92. The van der Waals surface area contributed by atoms with E-state index in [1.54, 1.807) is 4.72 Å². The van der Waals surface area contributed by atoms with Crippen LogP contribution in [0, 0.1) is 11.7 Å². The van der Waals surface area contributed by atoms with Gasteiger partial charge in [0.25, 0.3) is 5.91 Å². The Morgan fingerprint density at radius 2 is 2.17 bits per heavy atom. The summed E-state index contributed by atoms with van der Waals surface area (Å²) >= 11 is 0. The fourth-order valence-corrected chi connectivity index (χ4v) is 4.16. The number of phenolic OH excluding ortho intramolecular Hbond substituents is 1. The second-order valence-electron chi connectivity index (χ2n) is 5.84. The number of nitrogens with zero attached hydrogens (tertiary/aromatic N) is 1. The van der Waals surface area contributed by atoms with Gasteiger partial charge >= 0.3 is 10.2 Å². The molecule has 7 nitrogen and oxygen atoms in total. The predicted octanol–water partition coefficient (Wildman–Crippen LogP) is 0.254. The van der Waals surface area contributed by atoms with Crippen molar-refractivity contribution in [1.82, 2.24) is 10.0 Å². The Morgan fingerprint density at radius 1 is 1.39 bits per heavy atom. The molecule has 0 bridgehead atoms. The van der Waals surface area contributed by atoms with Gasteiger partial charge in [-0.15, -0.1) is 0 Å². The van der Waals surface area contributed by atoms with Crippen LogP contribution in [0.3, 0.4) is 0 Å². The first-order valence-electron chi connectivity index (χ1n) is 7.43. The van der Waals surface area contributed by atoms with Crippen LogP contribution >= 0.6 is 0 Å². The molecule has 0 radical (unpaired) electrons. The maximum Gasteiger partial charge on any atom is 0.326 e. The van der Waals surface area contributed by atoms with Crippen LogP contribution < -0.4 is 14.3 Å². The Bertz CT molecular complexity index is 732. The number of aromatic hydroxyl groups is 1. The molecule has 0 aromatic heterocycles. The van der Waals surface area contributed by atoms with E-state index in [4.69, 9.17) is 0 Å². The molecule has 9 heteroatoms. The van der Waals surface area contributed by atoms with Gasteiger partial charge in [-0.2, -0.15) is 8.42 Å². The van der Waals surface area contributed by atoms with Gasteiger partial charge in [-0.1, -0.05) is 6.07 Å². The summed E-state index contributed by atoms with van der Waals surface area (Å²) < 4.78 is 40.8. The van der Waals surface area contributed by atoms with Crippen molar-refractivity contribution >= 4 is 21.8 Å². The highest BCUT2D eigenvalue weighted by atomic mass is 32.2. The molecule has 2 aliphatic rings. The number of amides is 1. The Kier molecular flexibility index (Phi) is 4.15. The van der Waals surface area contributed by atoms with Crippen molar-refractivity contribution < 1.29 is 22.7 Å². The van der Waals surface area contributed by atoms with Crippen LogP contribution in [0.1, 0.15) is 18.4 Å². The van der Waals surface area contributed by atoms with Gasteiger partial charge in [0.15, 0.2) is 5.82 Å². The van der Waals surface area contributed by atoms with Crippen LogP contribution in [0.25, 0.3) is 0 Å². The minimum absolute atomic E-state index is 0.333. The molecule has 3 N–H and O–H groups in total. The summed E-state index contributed by atoms with van der Waals surface area (Å²) in [6, 6.07) is 2.72. The van der Waals surface area contributed by atoms with Gasteiger partial charge in [-0.3, -0.25) is 4.79 Å². The molecule has 2 aliphatic heterocycles. The van der Waals surface area contributed by atoms with Crippen LogP contribution in [-0.2, 0) is 21.4 Å². The second kappa shape index (κ2) is 5.97. The molecule has 0 aliphatic carbocycles. The number of hydrogen-bond acceptors (Lipinski definition) is 5. The molecule has 2 heterocycles. The molecule has 1 aromatic carbocycles. The van der Waals surface area contributed by atoms with Gasteiger partial charge in [0.05, 0.1) is 0 Å². The number of anilines is 1. The van der Waals surface area contributed by atoms with Crippen molar-refractivity contribution in [2.45, 2.75) is 19.3 Å². The third-order valence-corrected chi connectivity index (χ3v) is 5.61. The summed E-state index contributed by atoms with van der Waals surface area (Å²) in [4.78, 5) is 11.3. The van der Waals surface area contributed by atoms with Gasteiger partial charge < -0.3 is 10.4 Å². The highest BCUT2D eigenvalue weighted by Crippen LogP contribution is 2.35. The van der Waals surface area contributed by atoms with Gasteiger partial charge in [0, 0.05) is 0 Å². The average Bonchev–Trinajstić information content (AvgIpc) is 3.06. The molecule has 1 atom stereocenters. The number of carbonyl (C=O) groups excluding carboxylic acids is 1. The summed E-state index contributed by atoms with van der Waals surface area (Å²) in [5.41, 5.74) is -0.135. The van der Waals surface area contributed by atoms with E-state index in [1.165, 1.54) is 12.1 Å². The lowest BCUT2D eigenvalue weighted by Gasteiger charge is -2.19. The number of hydrogen-bond donors (Lipinski definition) is 3. The third kappa shape index (κ3) is 3.11. The van der Waals surface area contributed by atoms with E-state index in [0.29, 0.717) is 22.2 Å². The third-order valence-electron chi connectivity index (χ3n) is 4.23. The number of carbonyl (C=O) groups is 1. The number of aryl methyl sites for hydroxylation is 1. The molecular formula is C14H18FN3O4S. The molecule has 1 amide bonds. The predicted molar refractivity (Wildman–Crippen MR) is 81.8 cm³/mol. The maximum atomic E-state index is 14.7. The minimum Gasteiger partial charge on any atom is -0.506 e. The zero-order chi connectivity index (χ0) is 16.6. The minimum atomic E-state index is -4.16. The molecule has 1 unspecified atom stereocenters. The molecule has 1 aromatic rings. The van der Waals surface area contributed by atoms with Crippen LogP contribution in [0.15, 0.2) is 12.1 Å². The Labute approximate surface area is 133 Å². The Morgan fingerprint density at radius 3 is 2.78 bits per heavy atom. The van der Waals surface area contributed by atoms with Crippen LogP contribution in [0.2, 0.25) is 0 Å². The number of phenols is 1. The zero-order valence-corrected chi connectivity index (χ0v) is 13.2. The Balaban J connectivity index is 1.88. The number of nitrogens with one attached hydrogen (secondary N) is 2. The van der Waals surface area contributed by atoms with Crippen molar-refractivity contribution in [3.63, 3.8) is 0 Å². The monoisotopic (exact) mass is 343 g/mol. The molecule has 0 spiro atoms. The number of rotatable bonds is 4. The lowest BCUT2D eigenvalue weighted by atomic mass is 9.98. The standard InChI is InChI=1S/C14H18FN3O4S/c15-13-10(2-1-9-5-6-16-7-9)3-4-11(19)14(13)18-8-12(20)17-23(18,21)22/h3-4,9,16,19H,1-2,5-8H2,(H,17,20). The molecule has 2 saturated heterocycles. The first-order chi connectivity index (χ1) is 10.9. The van der Waals surface area contributed by atoms with Crippen molar-refractivity contribution in [2.75, 3.05) is 23.9 Å².